The van der Waals surface area contributed by atoms with E-state index in [-0.39, 0.29) is 0 Å². The summed E-state index contributed by atoms with van der Waals surface area (Å²) in [6.07, 6.45) is 2.75. The van der Waals surface area contributed by atoms with E-state index in [1.165, 1.54) is 12.4 Å². The van der Waals surface area contributed by atoms with E-state index in [0.29, 0.717) is 0 Å². The summed E-state index contributed by atoms with van der Waals surface area (Å²) in [5, 5.41) is 24.2. The van der Waals surface area contributed by atoms with Gasteiger partial charge in [-0.3, -0.25) is 0 Å². The summed E-state index contributed by atoms with van der Waals surface area (Å²) in [4.78, 5) is 18.2. The summed E-state index contributed by atoms with van der Waals surface area (Å²) in [5.41, 5.74) is 0. The number of hydrogen-bond acceptors (Lipinski definition) is 5. The normalized spacial score (nSPS) is 8.00. The molecule has 1 aromatic heterocycles. The highest BCUT2D eigenvalue weighted by molar-refractivity contribution is 4.82. The molecule has 8 nitrogen and oxygen atoms in total. The number of nitrogens with zero attached hydrogens (tertiary/aromatic N) is 3. The molecule has 13 heavy (non-hydrogen) atoms. The number of aromatic nitrogens is 1. The fraction of sp³-hybridized carbons (Fsp3) is 0. The summed E-state index contributed by atoms with van der Waals surface area (Å²) in [5.74, 6) is 0. The van der Waals surface area contributed by atoms with Crippen molar-refractivity contribution in [3.05, 3.63) is 56.0 Å². The molecule has 70 valence electrons. The van der Waals surface area contributed by atoms with E-state index in [0.717, 1.165) is 4.68 Å². The van der Waals surface area contributed by atoms with Gasteiger partial charge in [0.1, 0.15) is 4.68 Å². The third-order valence-electron chi connectivity index (χ3n) is 0.888. The van der Waals surface area contributed by atoms with Crippen LogP contribution in [0, 0.1) is 25.4 Å². The van der Waals surface area contributed by atoms with Crippen molar-refractivity contribution < 1.29 is 14.8 Å². The largest absolute Gasteiger partial charge is 0.356 e. The van der Waals surface area contributed by atoms with Gasteiger partial charge in [-0.25, -0.2) is 0 Å². The maximum absolute atomic E-state index is 9.97. The SMILES string of the molecule is O=[N+]([O-])[O-].O=[N+]([O-])[n+]1ccccc1. The molecule has 0 fully saturated rings. The lowest BCUT2D eigenvalue weighted by Crippen LogP contribution is -2.40. The molecule has 0 aromatic carbocycles. The Morgan fingerprint density at radius 3 is 1.54 bits per heavy atom. The molecule has 0 aliphatic heterocycles. The highest BCUT2D eigenvalue weighted by atomic mass is 16.9. The minimum atomic E-state index is -1.75. The molecule has 8 heteroatoms. The number of nitro groups is 1. The van der Waals surface area contributed by atoms with Crippen LogP contribution in [0.15, 0.2) is 30.6 Å². The van der Waals surface area contributed by atoms with Gasteiger partial charge in [-0.05, 0) is 6.07 Å². The van der Waals surface area contributed by atoms with E-state index in [1.54, 1.807) is 18.2 Å². The van der Waals surface area contributed by atoms with Gasteiger partial charge >= 0.3 is 5.03 Å². The van der Waals surface area contributed by atoms with E-state index >= 15 is 0 Å². The first kappa shape index (κ1) is 10.8. The Balaban J connectivity index is 0.000000310. The van der Waals surface area contributed by atoms with Crippen molar-refractivity contribution in [3.8, 4) is 0 Å². The average Bonchev–Trinajstić information content (AvgIpc) is 2.05. The number of pyridine rings is 1. The van der Waals surface area contributed by atoms with E-state index < -0.39 is 10.1 Å². The van der Waals surface area contributed by atoms with Gasteiger partial charge in [-0.1, -0.05) is 0 Å². The molecule has 0 saturated heterocycles. The van der Waals surface area contributed by atoms with Gasteiger partial charge in [-0.15, -0.1) is 0 Å². The van der Waals surface area contributed by atoms with Gasteiger partial charge < -0.3 is 15.3 Å². The fourth-order valence-corrected chi connectivity index (χ4v) is 0.498. The fourth-order valence-electron chi connectivity index (χ4n) is 0.498. The van der Waals surface area contributed by atoms with Crippen LogP contribution in [-0.2, 0) is 0 Å². The van der Waals surface area contributed by atoms with Gasteiger partial charge in [0.15, 0.2) is 0 Å². The molecular formula is C5H5N3O5. The molecule has 0 saturated carbocycles. The van der Waals surface area contributed by atoms with Crippen molar-refractivity contribution in [1.29, 1.82) is 0 Å². The van der Waals surface area contributed by atoms with Crippen molar-refractivity contribution in [2.75, 3.05) is 0 Å². The van der Waals surface area contributed by atoms with Crippen LogP contribution in [0.3, 0.4) is 0 Å². The summed E-state index contributed by atoms with van der Waals surface area (Å²) >= 11 is 0. The molecule has 0 aliphatic rings. The van der Waals surface area contributed by atoms with Crippen molar-refractivity contribution >= 4 is 0 Å². The molecule has 0 spiro atoms. The highest BCUT2D eigenvalue weighted by Gasteiger charge is 2.06. The zero-order chi connectivity index (χ0) is 10.3. The van der Waals surface area contributed by atoms with Crippen LogP contribution < -0.4 is 4.68 Å². The third kappa shape index (κ3) is 6.16. The summed E-state index contributed by atoms with van der Waals surface area (Å²) in [6.45, 7) is 0. The van der Waals surface area contributed by atoms with Gasteiger partial charge in [0.25, 0.3) is 0 Å². The van der Waals surface area contributed by atoms with E-state index in [9.17, 15) is 10.1 Å². The minimum Gasteiger partial charge on any atom is -0.356 e. The van der Waals surface area contributed by atoms with Gasteiger partial charge in [0, 0.05) is 12.1 Å². The maximum atomic E-state index is 9.97. The second-order valence-corrected chi connectivity index (χ2v) is 1.72. The van der Waals surface area contributed by atoms with Crippen LogP contribution in [0.4, 0.5) is 0 Å². The molecule has 0 bridgehead atoms. The quantitative estimate of drug-likeness (QED) is 0.342. The molecule has 0 unspecified atom stereocenters. The topological polar surface area (TPSA) is 113 Å². The van der Waals surface area contributed by atoms with E-state index in [2.05, 4.69) is 0 Å². The third-order valence-corrected chi connectivity index (χ3v) is 0.888. The second-order valence-electron chi connectivity index (χ2n) is 1.72. The average molecular weight is 187 g/mol. The Hall–Kier alpha value is -2.25. The van der Waals surface area contributed by atoms with Crippen LogP contribution in [0.5, 0.6) is 0 Å². The first-order chi connectivity index (χ1) is 6.04. The summed E-state index contributed by atoms with van der Waals surface area (Å²) in [7, 11) is 0. The summed E-state index contributed by atoms with van der Waals surface area (Å²) in [6, 6.07) is 4.92. The van der Waals surface area contributed by atoms with Crippen LogP contribution in [0.1, 0.15) is 0 Å². The number of hydrogen-bond donors (Lipinski definition) is 0. The molecule has 0 atom stereocenters. The molecule has 0 amide bonds. The second kappa shape index (κ2) is 5.41. The van der Waals surface area contributed by atoms with E-state index in [1.807, 2.05) is 0 Å². The Bertz CT molecular complexity index is 283. The first-order valence-electron chi connectivity index (χ1n) is 2.96. The van der Waals surface area contributed by atoms with Crippen LogP contribution in [0.2, 0.25) is 0 Å². The van der Waals surface area contributed by atoms with Crippen LogP contribution in [0.25, 0.3) is 0 Å². The Morgan fingerprint density at radius 2 is 1.31 bits per heavy atom. The number of rotatable bonds is 1. The Morgan fingerprint density at radius 1 is 0.923 bits per heavy atom. The van der Waals surface area contributed by atoms with Crippen LogP contribution >= 0.6 is 0 Å². The van der Waals surface area contributed by atoms with Crippen LogP contribution in [-0.4, -0.2) is 10.1 Å². The molecule has 0 radical (unpaired) electrons. The zero-order valence-electron chi connectivity index (χ0n) is 6.27. The molecule has 1 rings (SSSR count). The molecule has 0 N–H and O–H groups in total. The Labute approximate surface area is 71.9 Å². The predicted octanol–water partition coefficient (Wildman–Crippen LogP) is -0.225. The lowest BCUT2D eigenvalue weighted by molar-refractivity contribution is -1.19. The van der Waals surface area contributed by atoms with Crippen molar-refractivity contribution in [3.63, 3.8) is 0 Å². The molecule has 0 aliphatic carbocycles. The maximum Gasteiger partial charge on any atom is 0.327 e. The van der Waals surface area contributed by atoms with Gasteiger partial charge in [0.2, 0.25) is 12.4 Å². The molecule has 1 aromatic rings. The zero-order valence-corrected chi connectivity index (χ0v) is 6.27. The first-order valence-corrected chi connectivity index (χ1v) is 2.96. The summed E-state index contributed by atoms with van der Waals surface area (Å²) < 4.78 is 0.889. The highest BCUT2D eigenvalue weighted by Crippen LogP contribution is 1.74. The monoisotopic (exact) mass is 187 g/mol. The van der Waals surface area contributed by atoms with Crippen molar-refractivity contribution in [1.82, 2.24) is 0 Å². The predicted molar refractivity (Wildman–Crippen MR) is 39.4 cm³/mol. The lowest BCUT2D eigenvalue weighted by atomic mass is 10.5. The molecular weight excluding hydrogens is 182 g/mol. The minimum absolute atomic E-state index is 0.500. The van der Waals surface area contributed by atoms with Crippen molar-refractivity contribution in [2.24, 2.45) is 0 Å². The Kier molecular flexibility index (Phi) is 4.47. The lowest BCUT2D eigenvalue weighted by Gasteiger charge is -1.76. The smallest absolute Gasteiger partial charge is 0.327 e. The standard InChI is InChI=1S/C5H5N2O2.NO3/c8-7(9)6-4-2-1-3-5-6;2-1(3)4/h1-5H;/q+1;-1. The van der Waals surface area contributed by atoms with Gasteiger partial charge in [-0.2, -0.15) is 10.1 Å². The van der Waals surface area contributed by atoms with Crippen molar-refractivity contribution in [2.45, 2.75) is 0 Å². The molecule has 1 heterocycles. The van der Waals surface area contributed by atoms with E-state index in [4.69, 9.17) is 15.3 Å². The van der Waals surface area contributed by atoms with Gasteiger partial charge in [0.05, 0.1) is 5.09 Å².